The third-order valence-corrected chi connectivity index (χ3v) is 8.15. The lowest BCUT2D eigenvalue weighted by atomic mass is 10.2. The summed E-state index contributed by atoms with van der Waals surface area (Å²) in [6.45, 7) is 2.86. The molecular weight excluding hydrogens is 574 g/mol. The molecular formula is C18H24Cl4N4O6S2. The van der Waals surface area contributed by atoms with Crippen molar-refractivity contribution < 1.29 is 26.3 Å². The second-order valence-electron chi connectivity index (χ2n) is 6.77. The Balaban J connectivity index is 0.000000278. The van der Waals surface area contributed by atoms with Gasteiger partial charge in [0.2, 0.25) is 10.0 Å². The standard InChI is InChI=1S/C9H11ClN2O3S.C5H3Cl2NO2S.C4H9NO.ClH/c1-15-7-5-12(6-7)16(13,14)8-2-3-9(10)11-4-8;6-5-2-1-4(3-8-5)11(7,9)10;1-6-4-2-5-3-4;/h2-4,7H,5-6H2,1H3;1-3H;4-5H,2-3H2,1H3;1H. The van der Waals surface area contributed by atoms with E-state index in [0.717, 1.165) is 19.3 Å². The number of ether oxygens (including phenoxy) is 2. The van der Waals surface area contributed by atoms with Crippen LogP contribution in [0.5, 0.6) is 0 Å². The summed E-state index contributed by atoms with van der Waals surface area (Å²) in [5.74, 6) is 0. The van der Waals surface area contributed by atoms with Crippen LogP contribution in [0, 0.1) is 0 Å². The van der Waals surface area contributed by atoms with E-state index in [1.807, 2.05) is 0 Å². The quantitative estimate of drug-likeness (QED) is 0.408. The van der Waals surface area contributed by atoms with Crippen molar-refractivity contribution in [3.8, 4) is 0 Å². The molecule has 10 nitrogen and oxygen atoms in total. The van der Waals surface area contributed by atoms with Gasteiger partial charge < -0.3 is 14.8 Å². The Kier molecular flexibility index (Phi) is 12.9. The molecule has 0 saturated carbocycles. The number of pyridine rings is 2. The minimum atomic E-state index is -3.67. The van der Waals surface area contributed by atoms with Gasteiger partial charge in [-0.3, -0.25) is 0 Å². The summed E-state index contributed by atoms with van der Waals surface area (Å²) in [6, 6.07) is 5.56. The monoisotopic (exact) mass is 596 g/mol. The van der Waals surface area contributed by atoms with Crippen LogP contribution in [0.15, 0.2) is 46.5 Å². The molecule has 2 aromatic heterocycles. The molecule has 0 amide bonds. The highest BCUT2D eigenvalue weighted by Gasteiger charge is 2.36. The summed E-state index contributed by atoms with van der Waals surface area (Å²) in [5.41, 5.74) is 0. The zero-order chi connectivity index (χ0) is 24.6. The molecule has 0 aromatic carbocycles. The summed E-state index contributed by atoms with van der Waals surface area (Å²) < 4.78 is 56.5. The van der Waals surface area contributed by atoms with Crippen molar-refractivity contribution in [2.24, 2.45) is 0 Å². The van der Waals surface area contributed by atoms with E-state index in [9.17, 15) is 16.8 Å². The fraction of sp³-hybridized carbons (Fsp3) is 0.444. The van der Waals surface area contributed by atoms with Crippen LogP contribution in [0.1, 0.15) is 0 Å². The summed E-state index contributed by atoms with van der Waals surface area (Å²) >= 11 is 11.0. The summed E-state index contributed by atoms with van der Waals surface area (Å²) in [5, 5.41) is 3.59. The van der Waals surface area contributed by atoms with E-state index in [1.165, 1.54) is 34.8 Å². The van der Waals surface area contributed by atoms with Crippen LogP contribution in [0.25, 0.3) is 0 Å². The van der Waals surface area contributed by atoms with Gasteiger partial charge in [-0.1, -0.05) is 23.2 Å². The van der Waals surface area contributed by atoms with Crippen molar-refractivity contribution in [2.45, 2.75) is 22.0 Å². The summed E-state index contributed by atoms with van der Waals surface area (Å²) in [4.78, 5) is 7.41. The number of nitrogens with zero attached hydrogens (tertiary/aromatic N) is 3. The topological polar surface area (TPSA) is 128 Å². The fourth-order valence-electron chi connectivity index (χ4n) is 2.35. The maximum absolute atomic E-state index is 12.0. The van der Waals surface area contributed by atoms with E-state index >= 15 is 0 Å². The molecule has 192 valence electrons. The molecule has 0 bridgehead atoms. The highest BCUT2D eigenvalue weighted by molar-refractivity contribution is 8.13. The first kappa shape index (κ1) is 31.2. The molecule has 4 rings (SSSR count). The van der Waals surface area contributed by atoms with E-state index in [0.29, 0.717) is 19.2 Å². The predicted molar refractivity (Wildman–Crippen MR) is 132 cm³/mol. The van der Waals surface area contributed by atoms with Crippen LogP contribution in [0.2, 0.25) is 10.3 Å². The second-order valence-corrected chi connectivity index (χ2v) is 12.0. The lowest BCUT2D eigenvalue weighted by Crippen LogP contribution is -2.54. The van der Waals surface area contributed by atoms with Crippen LogP contribution in [0.3, 0.4) is 0 Å². The largest absolute Gasteiger partial charge is 0.379 e. The zero-order valence-corrected chi connectivity index (χ0v) is 22.8. The molecule has 1 N–H and O–H groups in total. The van der Waals surface area contributed by atoms with Crippen molar-refractivity contribution >= 4 is 65.4 Å². The minimum absolute atomic E-state index is 0. The van der Waals surface area contributed by atoms with Gasteiger partial charge in [0.05, 0.1) is 12.2 Å². The van der Waals surface area contributed by atoms with Gasteiger partial charge in [-0.25, -0.2) is 26.8 Å². The molecule has 2 aromatic rings. The third-order valence-electron chi connectivity index (χ3n) is 4.55. The van der Waals surface area contributed by atoms with Crippen LogP contribution in [0.4, 0.5) is 0 Å². The van der Waals surface area contributed by atoms with Crippen molar-refractivity contribution in [3.05, 3.63) is 47.0 Å². The van der Waals surface area contributed by atoms with Gasteiger partial charge in [-0.2, -0.15) is 4.31 Å². The SMILES string of the molecule is COC1CN(S(=O)(=O)c2ccc(Cl)nc2)C1.COC1CNC1.Cl.O=S(=O)(Cl)c1ccc(Cl)nc1. The number of halogens is 4. The molecule has 0 atom stereocenters. The molecule has 16 heteroatoms. The molecule has 4 heterocycles. The maximum atomic E-state index is 12.0. The Morgan fingerprint density at radius 1 is 0.882 bits per heavy atom. The van der Waals surface area contributed by atoms with Crippen molar-refractivity contribution in [2.75, 3.05) is 40.4 Å². The first-order chi connectivity index (χ1) is 15.5. The van der Waals surface area contributed by atoms with Crippen LogP contribution < -0.4 is 5.32 Å². The van der Waals surface area contributed by atoms with Gasteiger partial charge in [0, 0.05) is 63.5 Å². The number of methoxy groups -OCH3 is 2. The van der Waals surface area contributed by atoms with Gasteiger partial charge in [-0.05, 0) is 24.3 Å². The van der Waals surface area contributed by atoms with E-state index in [1.54, 1.807) is 14.2 Å². The number of rotatable bonds is 5. The highest BCUT2D eigenvalue weighted by atomic mass is 35.7. The number of hydrogen-bond acceptors (Lipinski definition) is 9. The minimum Gasteiger partial charge on any atom is -0.379 e. The average Bonchev–Trinajstić information content (AvgIpc) is 2.67. The molecule has 2 saturated heterocycles. The zero-order valence-electron chi connectivity index (χ0n) is 18.1. The second kappa shape index (κ2) is 14.1. The third kappa shape index (κ3) is 9.34. The predicted octanol–water partition coefficient (Wildman–Crippen LogP) is 2.44. The molecule has 0 unspecified atom stereocenters. The Hall–Kier alpha value is -0.800. The number of sulfonamides is 1. The molecule has 0 aliphatic carbocycles. The molecule has 34 heavy (non-hydrogen) atoms. The van der Waals surface area contributed by atoms with Gasteiger partial charge >= 0.3 is 0 Å². The van der Waals surface area contributed by atoms with Crippen molar-refractivity contribution in [1.29, 1.82) is 0 Å². The fourth-order valence-corrected chi connectivity index (χ4v) is 4.70. The number of nitrogens with one attached hydrogen (secondary N) is 1. The molecule has 2 aliphatic heterocycles. The first-order valence-electron chi connectivity index (χ1n) is 9.41. The van der Waals surface area contributed by atoms with Crippen molar-refractivity contribution in [3.63, 3.8) is 0 Å². The smallest absolute Gasteiger partial charge is 0.262 e. The Morgan fingerprint density at radius 3 is 1.65 bits per heavy atom. The molecule has 2 fully saturated rings. The van der Waals surface area contributed by atoms with E-state index in [2.05, 4.69) is 15.3 Å². The summed E-state index contributed by atoms with van der Waals surface area (Å²) in [7, 11) is 1.21. The maximum Gasteiger partial charge on any atom is 0.262 e. The first-order valence-corrected chi connectivity index (χ1v) is 13.9. The van der Waals surface area contributed by atoms with Crippen LogP contribution in [-0.2, 0) is 28.5 Å². The van der Waals surface area contributed by atoms with Gasteiger partial charge in [0.1, 0.15) is 20.1 Å². The van der Waals surface area contributed by atoms with Crippen LogP contribution >= 0.6 is 46.3 Å². The van der Waals surface area contributed by atoms with E-state index < -0.39 is 19.1 Å². The van der Waals surface area contributed by atoms with Crippen molar-refractivity contribution in [1.82, 2.24) is 19.6 Å². The highest BCUT2D eigenvalue weighted by Crippen LogP contribution is 2.22. The van der Waals surface area contributed by atoms with E-state index in [4.69, 9.17) is 43.4 Å². The molecule has 0 spiro atoms. The lowest BCUT2D eigenvalue weighted by Gasteiger charge is -2.36. The number of hydrogen-bond donors (Lipinski definition) is 1. The molecule has 2 aliphatic rings. The Labute approximate surface area is 219 Å². The van der Waals surface area contributed by atoms with Gasteiger partial charge in [-0.15, -0.1) is 12.4 Å². The Morgan fingerprint density at radius 2 is 1.35 bits per heavy atom. The van der Waals surface area contributed by atoms with Crippen LogP contribution in [-0.4, -0.2) is 83.7 Å². The van der Waals surface area contributed by atoms with Gasteiger partial charge in [0.25, 0.3) is 9.05 Å². The van der Waals surface area contributed by atoms with Gasteiger partial charge in [0.15, 0.2) is 0 Å². The molecule has 0 radical (unpaired) electrons. The summed E-state index contributed by atoms with van der Waals surface area (Å²) in [6.07, 6.45) is 2.86. The van der Waals surface area contributed by atoms with E-state index in [-0.39, 0.29) is 38.6 Å². The Bertz CT molecular complexity index is 1090. The normalized spacial score (nSPS) is 16.5. The number of aromatic nitrogens is 2. The average molecular weight is 598 g/mol. The lowest BCUT2D eigenvalue weighted by molar-refractivity contribution is 0.0125.